The van der Waals surface area contributed by atoms with E-state index >= 15 is 0 Å². The molecule has 1 aromatic carbocycles. The van der Waals surface area contributed by atoms with Gasteiger partial charge in [-0.2, -0.15) is 0 Å². The van der Waals surface area contributed by atoms with Gasteiger partial charge in [-0.1, -0.05) is 57.8 Å². The molecule has 0 fully saturated rings. The lowest BCUT2D eigenvalue weighted by atomic mass is 9.83. The second kappa shape index (κ2) is 5.32. The minimum atomic E-state index is 0.383. The molecule has 0 amide bonds. The maximum atomic E-state index is 3.59. The van der Waals surface area contributed by atoms with Crippen molar-refractivity contribution in [2.45, 2.75) is 26.7 Å². The van der Waals surface area contributed by atoms with E-state index in [0.29, 0.717) is 5.41 Å². The van der Waals surface area contributed by atoms with Crippen LogP contribution in [0.3, 0.4) is 0 Å². The Labute approximate surface area is 103 Å². The molecule has 14 heavy (non-hydrogen) atoms. The van der Waals surface area contributed by atoms with Crippen molar-refractivity contribution in [3.05, 3.63) is 34.3 Å². The third-order valence-electron chi connectivity index (χ3n) is 2.72. The van der Waals surface area contributed by atoms with E-state index in [1.807, 2.05) is 0 Å². The van der Waals surface area contributed by atoms with E-state index in [4.69, 9.17) is 0 Å². The molecule has 0 aliphatic heterocycles. The Hall–Kier alpha value is 0.180. The summed E-state index contributed by atoms with van der Waals surface area (Å²) in [5.74, 6) is 0. The van der Waals surface area contributed by atoms with Gasteiger partial charge in [0.15, 0.2) is 0 Å². The van der Waals surface area contributed by atoms with Gasteiger partial charge in [-0.3, -0.25) is 0 Å². The van der Waals surface area contributed by atoms with Crippen molar-refractivity contribution in [3.8, 4) is 0 Å². The molecule has 0 aliphatic carbocycles. The van der Waals surface area contributed by atoms with E-state index < -0.39 is 0 Å². The first kappa shape index (κ1) is 12.3. The third kappa shape index (κ3) is 3.39. The Bertz CT molecular complexity index is 273. The summed E-state index contributed by atoms with van der Waals surface area (Å²) in [6.07, 6.45) is 2.34. The Kier molecular flexibility index (Phi) is 4.65. The number of hydrogen-bond donors (Lipinski definition) is 0. The molecule has 2 heteroatoms. The van der Waals surface area contributed by atoms with Crippen LogP contribution in [-0.4, -0.2) is 5.33 Å². The highest BCUT2D eigenvalue weighted by molar-refractivity contribution is 9.10. The first-order valence-electron chi connectivity index (χ1n) is 4.90. The molecule has 1 atom stereocenters. The van der Waals surface area contributed by atoms with Crippen molar-refractivity contribution in [2.24, 2.45) is 5.41 Å². The molecule has 0 saturated heterocycles. The lowest BCUT2D eigenvalue weighted by molar-refractivity contribution is 0.361. The number of benzene rings is 1. The summed E-state index contributed by atoms with van der Waals surface area (Å²) in [6, 6.07) is 8.61. The molecule has 0 N–H and O–H groups in total. The molecule has 78 valence electrons. The summed E-state index contributed by atoms with van der Waals surface area (Å²) in [5.41, 5.74) is 1.80. The van der Waals surface area contributed by atoms with Gasteiger partial charge < -0.3 is 0 Å². The van der Waals surface area contributed by atoms with E-state index in [9.17, 15) is 0 Å². The molecule has 0 spiro atoms. The van der Waals surface area contributed by atoms with E-state index in [0.717, 1.165) is 16.2 Å². The van der Waals surface area contributed by atoms with Crippen LogP contribution in [0.25, 0.3) is 0 Å². The number of hydrogen-bond acceptors (Lipinski definition) is 0. The van der Waals surface area contributed by atoms with Gasteiger partial charge in [0.05, 0.1) is 0 Å². The van der Waals surface area contributed by atoms with Gasteiger partial charge in [-0.25, -0.2) is 0 Å². The van der Waals surface area contributed by atoms with Gasteiger partial charge in [0, 0.05) is 9.80 Å². The summed E-state index contributed by atoms with van der Waals surface area (Å²) < 4.78 is 1.15. The van der Waals surface area contributed by atoms with Gasteiger partial charge in [0.25, 0.3) is 0 Å². The van der Waals surface area contributed by atoms with Crippen LogP contribution in [-0.2, 0) is 6.42 Å². The third-order valence-corrected chi connectivity index (χ3v) is 4.60. The van der Waals surface area contributed by atoms with Crippen molar-refractivity contribution in [3.63, 3.8) is 0 Å². The highest BCUT2D eigenvalue weighted by Gasteiger charge is 2.20. The van der Waals surface area contributed by atoms with Crippen LogP contribution >= 0.6 is 31.9 Å². The summed E-state index contributed by atoms with van der Waals surface area (Å²) in [5, 5.41) is 1.06. The molecule has 1 rings (SSSR count). The molecule has 0 nitrogen and oxygen atoms in total. The first-order valence-corrected chi connectivity index (χ1v) is 6.81. The summed E-state index contributed by atoms with van der Waals surface area (Å²) >= 11 is 7.04. The molecular formula is C12H16Br2. The lowest BCUT2D eigenvalue weighted by Gasteiger charge is -2.25. The minimum absolute atomic E-state index is 0.383. The van der Waals surface area contributed by atoms with Gasteiger partial charge in [-0.05, 0) is 36.0 Å². The van der Waals surface area contributed by atoms with E-state index in [1.165, 1.54) is 12.0 Å². The molecule has 0 radical (unpaired) electrons. The Balaban J connectivity index is 2.72. The van der Waals surface area contributed by atoms with Crippen molar-refractivity contribution in [1.82, 2.24) is 0 Å². The average molecular weight is 320 g/mol. The van der Waals surface area contributed by atoms with Crippen molar-refractivity contribution in [1.29, 1.82) is 0 Å². The fourth-order valence-corrected chi connectivity index (χ4v) is 2.22. The highest BCUT2D eigenvalue weighted by Crippen LogP contribution is 2.28. The van der Waals surface area contributed by atoms with Crippen LogP contribution in [0, 0.1) is 5.41 Å². The monoisotopic (exact) mass is 318 g/mol. The molecule has 0 aromatic heterocycles. The van der Waals surface area contributed by atoms with E-state index in [2.05, 4.69) is 70.0 Å². The van der Waals surface area contributed by atoms with E-state index in [1.54, 1.807) is 0 Å². The summed E-state index contributed by atoms with van der Waals surface area (Å²) in [6.45, 7) is 4.57. The van der Waals surface area contributed by atoms with Crippen molar-refractivity contribution in [2.75, 3.05) is 5.33 Å². The van der Waals surface area contributed by atoms with Crippen LogP contribution in [0.5, 0.6) is 0 Å². The maximum Gasteiger partial charge on any atom is 0.0175 e. The largest absolute Gasteiger partial charge is 0.0922 e. The fraction of sp³-hybridized carbons (Fsp3) is 0.500. The van der Waals surface area contributed by atoms with E-state index in [-0.39, 0.29) is 0 Å². The van der Waals surface area contributed by atoms with Gasteiger partial charge in [0.2, 0.25) is 0 Å². The maximum absolute atomic E-state index is 3.59. The number of rotatable bonds is 4. The minimum Gasteiger partial charge on any atom is -0.0922 e. The standard InChI is InChI=1S/C12H16Br2/c1-3-12(2,9-13)8-10-4-6-11(14)7-5-10/h4-7H,3,8-9H2,1-2H3. The van der Waals surface area contributed by atoms with Crippen LogP contribution in [0.15, 0.2) is 28.7 Å². The molecule has 1 aromatic rings. The zero-order valence-corrected chi connectivity index (χ0v) is 11.9. The molecular weight excluding hydrogens is 304 g/mol. The number of alkyl halides is 1. The van der Waals surface area contributed by atoms with Gasteiger partial charge in [-0.15, -0.1) is 0 Å². The van der Waals surface area contributed by atoms with Gasteiger partial charge in [0.1, 0.15) is 0 Å². The summed E-state index contributed by atoms with van der Waals surface area (Å²) in [7, 11) is 0. The molecule has 0 saturated carbocycles. The molecule has 0 heterocycles. The van der Waals surface area contributed by atoms with Crippen LogP contribution < -0.4 is 0 Å². The first-order chi connectivity index (χ1) is 6.59. The predicted octanol–water partition coefficient (Wildman–Crippen LogP) is 4.80. The SMILES string of the molecule is CCC(C)(CBr)Cc1ccc(Br)cc1. The van der Waals surface area contributed by atoms with Crippen LogP contribution in [0.4, 0.5) is 0 Å². The zero-order chi connectivity index (χ0) is 10.6. The Morgan fingerprint density at radius 1 is 1.21 bits per heavy atom. The topological polar surface area (TPSA) is 0 Å². The summed E-state index contributed by atoms with van der Waals surface area (Å²) in [4.78, 5) is 0. The quantitative estimate of drug-likeness (QED) is 0.699. The molecule has 0 aliphatic rings. The number of halogens is 2. The van der Waals surface area contributed by atoms with Crippen molar-refractivity contribution >= 4 is 31.9 Å². The van der Waals surface area contributed by atoms with Crippen LogP contribution in [0.2, 0.25) is 0 Å². The smallest absolute Gasteiger partial charge is 0.0175 e. The highest BCUT2D eigenvalue weighted by atomic mass is 79.9. The second-order valence-electron chi connectivity index (χ2n) is 4.10. The Morgan fingerprint density at radius 3 is 2.21 bits per heavy atom. The predicted molar refractivity (Wildman–Crippen MR) is 70.0 cm³/mol. The molecule has 0 bridgehead atoms. The van der Waals surface area contributed by atoms with Gasteiger partial charge >= 0.3 is 0 Å². The zero-order valence-electron chi connectivity index (χ0n) is 8.69. The molecule has 1 unspecified atom stereocenters. The van der Waals surface area contributed by atoms with Crippen LogP contribution in [0.1, 0.15) is 25.8 Å². The Morgan fingerprint density at radius 2 is 1.79 bits per heavy atom. The second-order valence-corrected chi connectivity index (χ2v) is 5.58. The van der Waals surface area contributed by atoms with Crippen molar-refractivity contribution < 1.29 is 0 Å². The lowest BCUT2D eigenvalue weighted by Crippen LogP contribution is -2.20. The fourth-order valence-electron chi connectivity index (χ4n) is 1.36. The average Bonchev–Trinajstić information content (AvgIpc) is 2.21. The normalized spacial score (nSPS) is 15.1.